The summed E-state index contributed by atoms with van der Waals surface area (Å²) in [5.41, 5.74) is -0.718. The molecular weight excluding hydrogens is 196 g/mol. The van der Waals surface area contributed by atoms with E-state index >= 15 is 0 Å². The number of aliphatic hydroxyl groups excluding tert-OH is 1. The average Bonchev–Trinajstić information content (AvgIpc) is 2.96. The highest BCUT2D eigenvalue weighted by molar-refractivity contribution is 5.76. The van der Waals surface area contributed by atoms with E-state index in [1.54, 1.807) is 0 Å². The molecule has 2 atom stereocenters. The van der Waals surface area contributed by atoms with E-state index in [1.165, 1.54) is 0 Å². The molecule has 2 N–H and O–H groups in total. The quantitative estimate of drug-likeness (QED) is 0.717. The SMILES string of the molecule is O=C(O)C1(CCCO)CCOC1C1CC1. The Bertz CT molecular complexity index is 249. The number of hydrogen-bond acceptors (Lipinski definition) is 3. The van der Waals surface area contributed by atoms with Gasteiger partial charge in [-0.15, -0.1) is 0 Å². The predicted molar refractivity (Wildman–Crippen MR) is 53.5 cm³/mol. The molecule has 4 heteroatoms. The van der Waals surface area contributed by atoms with Gasteiger partial charge in [-0.05, 0) is 38.0 Å². The van der Waals surface area contributed by atoms with E-state index in [4.69, 9.17) is 9.84 Å². The molecule has 0 amide bonds. The summed E-state index contributed by atoms with van der Waals surface area (Å²) in [6.07, 6.45) is 3.78. The molecular formula is C11H18O4. The van der Waals surface area contributed by atoms with E-state index in [0.29, 0.717) is 31.8 Å². The van der Waals surface area contributed by atoms with Gasteiger partial charge in [-0.2, -0.15) is 0 Å². The Kier molecular flexibility index (Phi) is 2.98. The Morgan fingerprint density at radius 1 is 1.47 bits per heavy atom. The normalized spacial score (nSPS) is 35.7. The maximum atomic E-state index is 11.4. The molecule has 86 valence electrons. The lowest BCUT2D eigenvalue weighted by Crippen LogP contribution is -2.40. The van der Waals surface area contributed by atoms with Gasteiger partial charge in [-0.25, -0.2) is 0 Å². The molecule has 0 spiro atoms. The Labute approximate surface area is 89.2 Å². The standard InChI is InChI=1S/C11H18O4/c12-6-1-4-11(10(13)14)5-7-15-9(11)8-2-3-8/h8-9,12H,1-7H2,(H,13,14). The fraction of sp³-hybridized carbons (Fsp3) is 0.909. The first-order valence-corrected chi connectivity index (χ1v) is 5.66. The van der Waals surface area contributed by atoms with E-state index in [2.05, 4.69) is 0 Å². The van der Waals surface area contributed by atoms with Crippen molar-refractivity contribution in [3.05, 3.63) is 0 Å². The first kappa shape index (κ1) is 10.9. The van der Waals surface area contributed by atoms with Crippen molar-refractivity contribution in [1.29, 1.82) is 0 Å². The molecule has 1 aliphatic carbocycles. The Balaban J connectivity index is 2.11. The van der Waals surface area contributed by atoms with Crippen LogP contribution in [0.3, 0.4) is 0 Å². The monoisotopic (exact) mass is 214 g/mol. The van der Waals surface area contributed by atoms with Gasteiger partial charge in [-0.1, -0.05) is 0 Å². The molecule has 0 aromatic rings. The molecule has 2 aliphatic rings. The molecule has 15 heavy (non-hydrogen) atoms. The predicted octanol–water partition coefficient (Wildman–Crippen LogP) is 1.03. The van der Waals surface area contributed by atoms with Crippen molar-refractivity contribution in [2.24, 2.45) is 11.3 Å². The van der Waals surface area contributed by atoms with Crippen LogP contribution in [0.4, 0.5) is 0 Å². The lowest BCUT2D eigenvalue weighted by Gasteiger charge is -2.29. The molecule has 1 aliphatic heterocycles. The van der Waals surface area contributed by atoms with E-state index in [9.17, 15) is 9.90 Å². The van der Waals surface area contributed by atoms with Crippen LogP contribution in [0.5, 0.6) is 0 Å². The van der Waals surface area contributed by atoms with Crippen LogP contribution in [0, 0.1) is 11.3 Å². The first-order chi connectivity index (χ1) is 7.20. The second kappa shape index (κ2) is 4.10. The summed E-state index contributed by atoms with van der Waals surface area (Å²) in [7, 11) is 0. The molecule has 1 saturated heterocycles. The molecule has 0 radical (unpaired) electrons. The third-order valence-corrected chi connectivity index (χ3v) is 3.65. The van der Waals surface area contributed by atoms with Gasteiger partial charge in [0.2, 0.25) is 0 Å². The Morgan fingerprint density at radius 3 is 2.73 bits per heavy atom. The van der Waals surface area contributed by atoms with Gasteiger partial charge >= 0.3 is 5.97 Å². The second-order valence-corrected chi connectivity index (χ2v) is 4.67. The number of aliphatic hydroxyl groups is 1. The van der Waals surface area contributed by atoms with E-state index in [0.717, 1.165) is 12.8 Å². The minimum Gasteiger partial charge on any atom is -0.481 e. The largest absolute Gasteiger partial charge is 0.481 e. The molecule has 2 fully saturated rings. The Morgan fingerprint density at radius 2 is 2.20 bits per heavy atom. The molecule has 1 saturated carbocycles. The molecule has 2 rings (SSSR count). The summed E-state index contributed by atoms with van der Waals surface area (Å²) < 4.78 is 5.59. The molecule has 0 aromatic carbocycles. The highest BCUT2D eigenvalue weighted by Gasteiger charge is 2.55. The summed E-state index contributed by atoms with van der Waals surface area (Å²) >= 11 is 0. The van der Waals surface area contributed by atoms with Gasteiger partial charge in [0.05, 0.1) is 11.5 Å². The molecule has 0 aromatic heterocycles. The summed E-state index contributed by atoms with van der Waals surface area (Å²) in [6.45, 7) is 0.616. The third-order valence-electron chi connectivity index (χ3n) is 3.65. The smallest absolute Gasteiger partial charge is 0.312 e. The molecule has 0 bridgehead atoms. The van der Waals surface area contributed by atoms with Crippen LogP contribution < -0.4 is 0 Å². The fourth-order valence-electron chi connectivity index (χ4n) is 2.65. The maximum Gasteiger partial charge on any atom is 0.312 e. The fourth-order valence-corrected chi connectivity index (χ4v) is 2.65. The minimum atomic E-state index is -0.745. The van der Waals surface area contributed by atoms with E-state index < -0.39 is 11.4 Å². The van der Waals surface area contributed by atoms with Crippen molar-refractivity contribution in [2.45, 2.75) is 38.2 Å². The Hall–Kier alpha value is -0.610. The molecule has 1 heterocycles. The number of carboxylic acid groups (broad SMARTS) is 1. The number of rotatable bonds is 5. The minimum absolute atomic E-state index is 0.0619. The zero-order valence-corrected chi connectivity index (χ0v) is 8.82. The zero-order valence-electron chi connectivity index (χ0n) is 8.82. The van der Waals surface area contributed by atoms with Crippen molar-refractivity contribution in [3.63, 3.8) is 0 Å². The van der Waals surface area contributed by atoms with E-state index in [-0.39, 0.29) is 12.7 Å². The number of aliphatic carboxylic acids is 1. The van der Waals surface area contributed by atoms with Crippen LogP contribution in [-0.2, 0) is 9.53 Å². The highest BCUT2D eigenvalue weighted by Crippen LogP contribution is 2.50. The van der Waals surface area contributed by atoms with Gasteiger partial charge in [0.15, 0.2) is 0 Å². The lowest BCUT2D eigenvalue weighted by atomic mass is 9.75. The van der Waals surface area contributed by atoms with Crippen molar-refractivity contribution in [2.75, 3.05) is 13.2 Å². The van der Waals surface area contributed by atoms with Crippen LogP contribution in [0.2, 0.25) is 0 Å². The molecule has 2 unspecified atom stereocenters. The van der Waals surface area contributed by atoms with Crippen molar-refractivity contribution >= 4 is 5.97 Å². The van der Waals surface area contributed by atoms with Gasteiger partial charge < -0.3 is 14.9 Å². The number of carboxylic acids is 1. The van der Waals surface area contributed by atoms with Gasteiger partial charge in [0, 0.05) is 13.2 Å². The highest BCUT2D eigenvalue weighted by atomic mass is 16.5. The van der Waals surface area contributed by atoms with Crippen molar-refractivity contribution < 1.29 is 19.7 Å². The summed E-state index contributed by atoms with van der Waals surface area (Å²) in [5, 5.41) is 18.2. The van der Waals surface area contributed by atoms with Crippen LogP contribution >= 0.6 is 0 Å². The van der Waals surface area contributed by atoms with Crippen LogP contribution in [-0.4, -0.2) is 35.5 Å². The van der Waals surface area contributed by atoms with Crippen LogP contribution in [0.1, 0.15) is 32.1 Å². The van der Waals surface area contributed by atoms with Crippen LogP contribution in [0.15, 0.2) is 0 Å². The number of hydrogen-bond donors (Lipinski definition) is 2. The maximum absolute atomic E-state index is 11.4. The van der Waals surface area contributed by atoms with Crippen molar-refractivity contribution in [3.8, 4) is 0 Å². The topological polar surface area (TPSA) is 66.8 Å². The van der Waals surface area contributed by atoms with Gasteiger partial charge in [-0.3, -0.25) is 4.79 Å². The van der Waals surface area contributed by atoms with E-state index in [1.807, 2.05) is 0 Å². The van der Waals surface area contributed by atoms with Gasteiger partial charge in [0.1, 0.15) is 0 Å². The summed E-state index contributed by atoms with van der Waals surface area (Å²) in [6, 6.07) is 0. The number of ether oxygens (including phenoxy) is 1. The summed E-state index contributed by atoms with van der Waals surface area (Å²) in [5.74, 6) is -0.298. The van der Waals surface area contributed by atoms with Crippen LogP contribution in [0.25, 0.3) is 0 Å². The van der Waals surface area contributed by atoms with Crippen molar-refractivity contribution in [1.82, 2.24) is 0 Å². The first-order valence-electron chi connectivity index (χ1n) is 5.66. The zero-order chi connectivity index (χ0) is 10.9. The van der Waals surface area contributed by atoms with Gasteiger partial charge in [0.25, 0.3) is 0 Å². The average molecular weight is 214 g/mol. The summed E-state index contributed by atoms with van der Waals surface area (Å²) in [4.78, 5) is 11.4. The number of carbonyl (C=O) groups is 1. The molecule has 4 nitrogen and oxygen atoms in total. The second-order valence-electron chi connectivity index (χ2n) is 4.67. The lowest BCUT2D eigenvalue weighted by molar-refractivity contribution is -0.154. The third kappa shape index (κ3) is 1.88.